The quantitative estimate of drug-likeness (QED) is 0.655. The summed E-state index contributed by atoms with van der Waals surface area (Å²) in [5.41, 5.74) is 1.51. The highest BCUT2D eigenvalue weighted by atomic mass is 79.9. The molecule has 1 aliphatic rings. The van der Waals surface area contributed by atoms with Crippen LogP contribution in [0.1, 0.15) is 23.4 Å². The van der Waals surface area contributed by atoms with Crippen LogP contribution >= 0.6 is 15.9 Å². The predicted molar refractivity (Wildman–Crippen MR) is 99.7 cm³/mol. The molecule has 25 heavy (non-hydrogen) atoms. The monoisotopic (exact) mass is 402 g/mol. The van der Waals surface area contributed by atoms with Crippen LogP contribution in [0.3, 0.4) is 0 Å². The molecule has 0 spiro atoms. The fraction of sp³-hybridized carbons (Fsp3) is 0.211. The van der Waals surface area contributed by atoms with Crippen molar-refractivity contribution in [3.05, 3.63) is 58.5 Å². The molecule has 0 bridgehead atoms. The molecule has 4 rings (SSSR count). The summed E-state index contributed by atoms with van der Waals surface area (Å²) in [7, 11) is 0. The van der Waals surface area contributed by atoms with Gasteiger partial charge in [0.25, 0.3) is 5.91 Å². The number of furan rings is 1. The van der Waals surface area contributed by atoms with Crippen molar-refractivity contribution in [1.82, 2.24) is 0 Å². The smallest absolute Gasteiger partial charge is 0.291 e. The number of fused-ring (bicyclic) bond motifs is 1. The minimum Gasteiger partial charge on any atom is -0.450 e. The van der Waals surface area contributed by atoms with E-state index in [0.29, 0.717) is 11.3 Å². The number of carbonyl (C=O) groups is 1. The van der Waals surface area contributed by atoms with Crippen molar-refractivity contribution in [2.45, 2.75) is 12.8 Å². The van der Waals surface area contributed by atoms with Crippen LogP contribution in [-0.4, -0.2) is 19.0 Å². The second-order valence-corrected chi connectivity index (χ2v) is 6.91. The summed E-state index contributed by atoms with van der Waals surface area (Å²) >= 11 is 3.40. The number of nitrogens with zero attached hydrogens (tertiary/aromatic N) is 1. The van der Waals surface area contributed by atoms with Crippen molar-refractivity contribution < 1.29 is 13.6 Å². The largest absolute Gasteiger partial charge is 0.450 e. The minimum absolute atomic E-state index is 0.150. The van der Waals surface area contributed by atoms with Gasteiger partial charge in [-0.3, -0.25) is 4.79 Å². The van der Waals surface area contributed by atoms with Crippen LogP contribution in [0.2, 0.25) is 0 Å². The van der Waals surface area contributed by atoms with Crippen molar-refractivity contribution >= 4 is 44.2 Å². The van der Waals surface area contributed by atoms with Gasteiger partial charge >= 0.3 is 0 Å². The van der Waals surface area contributed by atoms with Crippen LogP contribution in [0, 0.1) is 5.82 Å². The molecule has 6 heteroatoms. The van der Waals surface area contributed by atoms with Crippen molar-refractivity contribution in [3.8, 4) is 0 Å². The third-order valence-electron chi connectivity index (χ3n) is 4.40. The maximum Gasteiger partial charge on any atom is 0.291 e. The molecule has 2 aromatic carbocycles. The highest BCUT2D eigenvalue weighted by Gasteiger charge is 2.21. The van der Waals surface area contributed by atoms with Gasteiger partial charge in [0.2, 0.25) is 0 Å². The van der Waals surface area contributed by atoms with E-state index in [1.807, 2.05) is 24.3 Å². The molecule has 1 aromatic heterocycles. The number of halogens is 2. The van der Waals surface area contributed by atoms with E-state index in [1.54, 1.807) is 12.1 Å². The number of nitrogens with one attached hydrogen (secondary N) is 1. The SMILES string of the molecule is O=C(Nc1c(F)cccc1N1CCCC1)c1cc2cccc(Br)c2o1. The van der Waals surface area contributed by atoms with E-state index >= 15 is 0 Å². The fourth-order valence-corrected chi connectivity index (χ4v) is 3.64. The molecule has 1 N–H and O–H groups in total. The molecule has 1 saturated heterocycles. The highest BCUT2D eigenvalue weighted by molar-refractivity contribution is 9.10. The highest BCUT2D eigenvalue weighted by Crippen LogP contribution is 2.32. The third-order valence-corrected chi connectivity index (χ3v) is 5.02. The Balaban J connectivity index is 1.67. The third kappa shape index (κ3) is 3.02. The predicted octanol–water partition coefficient (Wildman–Crippen LogP) is 5.19. The van der Waals surface area contributed by atoms with Gasteiger partial charge < -0.3 is 14.6 Å². The van der Waals surface area contributed by atoms with Gasteiger partial charge in [0.15, 0.2) is 5.76 Å². The molecule has 3 aromatic rings. The van der Waals surface area contributed by atoms with Crippen LogP contribution in [0.4, 0.5) is 15.8 Å². The normalized spacial score (nSPS) is 14.2. The lowest BCUT2D eigenvalue weighted by molar-refractivity contribution is 0.0998. The number of hydrogen-bond donors (Lipinski definition) is 1. The van der Waals surface area contributed by atoms with Crippen molar-refractivity contribution in [2.24, 2.45) is 0 Å². The van der Waals surface area contributed by atoms with Gasteiger partial charge in [0.1, 0.15) is 17.1 Å². The number of carbonyl (C=O) groups excluding carboxylic acids is 1. The lowest BCUT2D eigenvalue weighted by Crippen LogP contribution is -2.21. The second kappa shape index (κ2) is 6.52. The maximum absolute atomic E-state index is 14.4. The summed E-state index contributed by atoms with van der Waals surface area (Å²) in [6, 6.07) is 12.1. The first-order valence-corrected chi connectivity index (χ1v) is 8.95. The van der Waals surface area contributed by atoms with Crippen LogP contribution in [-0.2, 0) is 0 Å². The Morgan fingerprint density at radius 1 is 1.16 bits per heavy atom. The fourth-order valence-electron chi connectivity index (χ4n) is 3.17. The molecule has 1 aliphatic heterocycles. The average Bonchev–Trinajstić information content (AvgIpc) is 3.26. The van der Waals surface area contributed by atoms with Crippen molar-refractivity contribution in [3.63, 3.8) is 0 Å². The van der Waals surface area contributed by atoms with Gasteiger partial charge in [-0.15, -0.1) is 0 Å². The van der Waals surface area contributed by atoms with E-state index in [2.05, 4.69) is 26.1 Å². The standard InChI is InChI=1S/C19H16BrFN2O2/c20-13-6-3-5-12-11-16(25-18(12)13)19(24)22-17-14(21)7-4-8-15(17)23-9-1-2-10-23/h3-8,11H,1-2,9-10H2,(H,22,24). The molecule has 4 nitrogen and oxygen atoms in total. The van der Waals surface area contributed by atoms with Gasteiger partial charge in [-0.2, -0.15) is 0 Å². The van der Waals surface area contributed by atoms with Crippen molar-refractivity contribution in [1.29, 1.82) is 0 Å². The zero-order chi connectivity index (χ0) is 17.4. The molecule has 0 unspecified atom stereocenters. The Kier molecular flexibility index (Phi) is 4.21. The van der Waals surface area contributed by atoms with E-state index in [9.17, 15) is 9.18 Å². The number of para-hydroxylation sites is 2. The van der Waals surface area contributed by atoms with Crippen LogP contribution in [0.15, 0.2) is 51.4 Å². The van der Waals surface area contributed by atoms with E-state index in [4.69, 9.17) is 4.42 Å². The van der Waals surface area contributed by atoms with E-state index in [1.165, 1.54) is 6.07 Å². The van der Waals surface area contributed by atoms with E-state index in [-0.39, 0.29) is 11.4 Å². The lowest BCUT2D eigenvalue weighted by Gasteiger charge is -2.21. The number of anilines is 2. The van der Waals surface area contributed by atoms with Crippen molar-refractivity contribution in [2.75, 3.05) is 23.3 Å². The van der Waals surface area contributed by atoms with Crippen LogP contribution < -0.4 is 10.2 Å². The van der Waals surface area contributed by atoms with Gasteiger partial charge in [0.05, 0.1) is 10.2 Å². The first kappa shape index (κ1) is 16.1. The summed E-state index contributed by atoms with van der Waals surface area (Å²) in [5.74, 6) is -0.763. The number of rotatable bonds is 3. The van der Waals surface area contributed by atoms with E-state index in [0.717, 1.165) is 35.8 Å². The van der Waals surface area contributed by atoms with Crippen LogP contribution in [0.25, 0.3) is 11.0 Å². The maximum atomic E-state index is 14.4. The summed E-state index contributed by atoms with van der Waals surface area (Å²) < 4.78 is 20.8. The topological polar surface area (TPSA) is 45.5 Å². The van der Waals surface area contributed by atoms with Crippen LogP contribution in [0.5, 0.6) is 0 Å². The summed E-state index contributed by atoms with van der Waals surface area (Å²) in [4.78, 5) is 14.7. The minimum atomic E-state index is -0.464. The molecule has 0 atom stereocenters. The van der Waals surface area contributed by atoms with Gasteiger partial charge in [0, 0.05) is 18.5 Å². The van der Waals surface area contributed by atoms with E-state index < -0.39 is 11.7 Å². The molecular weight excluding hydrogens is 387 g/mol. The Morgan fingerprint density at radius 3 is 2.68 bits per heavy atom. The summed E-state index contributed by atoms with van der Waals surface area (Å²) in [5, 5.41) is 3.50. The van der Waals surface area contributed by atoms with Gasteiger partial charge in [-0.1, -0.05) is 18.2 Å². The Bertz CT molecular complexity index is 948. The molecular formula is C19H16BrFN2O2. The van der Waals surface area contributed by atoms with Gasteiger partial charge in [-0.25, -0.2) is 4.39 Å². The number of hydrogen-bond acceptors (Lipinski definition) is 3. The molecule has 0 radical (unpaired) electrons. The molecule has 0 aliphatic carbocycles. The molecule has 128 valence electrons. The molecule has 1 fully saturated rings. The summed E-state index contributed by atoms with van der Waals surface area (Å²) in [6.07, 6.45) is 2.14. The Morgan fingerprint density at radius 2 is 1.92 bits per heavy atom. The average molecular weight is 403 g/mol. The first-order valence-electron chi connectivity index (χ1n) is 8.16. The number of amides is 1. The first-order chi connectivity index (χ1) is 12.1. The molecule has 2 heterocycles. The zero-order valence-electron chi connectivity index (χ0n) is 13.4. The molecule has 0 saturated carbocycles. The van der Waals surface area contributed by atoms with Gasteiger partial charge in [-0.05, 0) is 53.0 Å². The second-order valence-electron chi connectivity index (χ2n) is 6.05. The number of benzene rings is 2. The Labute approximate surface area is 152 Å². The summed E-state index contributed by atoms with van der Waals surface area (Å²) in [6.45, 7) is 1.73. The zero-order valence-corrected chi connectivity index (χ0v) is 15.0. The Hall–Kier alpha value is -2.34. The lowest BCUT2D eigenvalue weighted by atomic mass is 10.2. The molecule has 1 amide bonds.